The van der Waals surface area contributed by atoms with Crippen LogP contribution in [-0.4, -0.2) is 48.3 Å². The molecule has 28 heavy (non-hydrogen) atoms. The maximum Gasteiger partial charge on any atom is 0.279 e. The number of nitrogens with one attached hydrogen (secondary N) is 1. The lowest BCUT2D eigenvalue weighted by Crippen LogP contribution is -2.32. The number of aromatic nitrogens is 2. The normalized spacial score (nSPS) is 11.5. The smallest absolute Gasteiger partial charge is 0.279 e. The molecule has 9 nitrogen and oxygen atoms in total. The molecule has 1 aromatic heterocycles. The van der Waals surface area contributed by atoms with E-state index in [1.54, 1.807) is 19.1 Å². The molecule has 2 rings (SSSR count). The van der Waals surface area contributed by atoms with Gasteiger partial charge in [0.2, 0.25) is 15.9 Å². The van der Waals surface area contributed by atoms with E-state index in [1.807, 2.05) is 0 Å². The van der Waals surface area contributed by atoms with E-state index < -0.39 is 33.8 Å². The summed E-state index contributed by atoms with van der Waals surface area (Å²) in [6, 6.07) is 4.44. The van der Waals surface area contributed by atoms with Gasteiger partial charge in [-0.15, -0.1) is 0 Å². The molecule has 0 radical (unpaired) electrons. The van der Waals surface area contributed by atoms with Crippen LogP contribution in [0.3, 0.4) is 0 Å². The lowest BCUT2D eigenvalue weighted by atomic mass is 10.2. The van der Waals surface area contributed by atoms with Crippen LogP contribution in [0.15, 0.2) is 34.1 Å². The van der Waals surface area contributed by atoms with Gasteiger partial charge in [0.15, 0.2) is 5.78 Å². The van der Waals surface area contributed by atoms with Crippen LogP contribution in [0.5, 0.6) is 0 Å². The minimum absolute atomic E-state index is 0.0518. The minimum atomic E-state index is -3.69. The third-order valence-electron chi connectivity index (χ3n) is 3.87. The number of nitrogens with zero attached hydrogens (tertiary/aromatic N) is 3. The fourth-order valence-electron chi connectivity index (χ4n) is 2.39. The molecule has 0 spiro atoms. The number of benzene rings is 1. The number of carbonyl (C=O) groups excluding carboxylic acids is 2. The van der Waals surface area contributed by atoms with Crippen molar-refractivity contribution < 1.29 is 18.0 Å². The molecule has 2 aromatic rings. The van der Waals surface area contributed by atoms with Gasteiger partial charge in [-0.2, -0.15) is 5.10 Å². The first-order valence-electron chi connectivity index (χ1n) is 8.04. The molecule has 11 heteroatoms. The highest BCUT2D eigenvalue weighted by Crippen LogP contribution is 2.22. The second-order valence-corrected chi connectivity index (χ2v) is 8.73. The largest absolute Gasteiger partial charge is 0.324 e. The number of aryl methyl sites for hydroxylation is 1. The van der Waals surface area contributed by atoms with Crippen LogP contribution in [-0.2, 0) is 21.4 Å². The Morgan fingerprint density at radius 3 is 2.50 bits per heavy atom. The number of hydrogen-bond acceptors (Lipinski definition) is 6. The third kappa shape index (κ3) is 4.46. The van der Waals surface area contributed by atoms with Crippen molar-refractivity contribution in [2.45, 2.75) is 25.3 Å². The second kappa shape index (κ2) is 8.21. The predicted octanol–water partition coefficient (Wildman–Crippen LogP) is 1.30. The minimum Gasteiger partial charge on any atom is -0.324 e. The quantitative estimate of drug-likeness (QED) is 0.695. The molecule has 0 aliphatic heterocycles. The van der Waals surface area contributed by atoms with Crippen molar-refractivity contribution in [3.8, 4) is 0 Å². The number of amides is 1. The van der Waals surface area contributed by atoms with Gasteiger partial charge in [-0.1, -0.05) is 17.7 Å². The Labute approximate surface area is 167 Å². The molecule has 150 valence electrons. The van der Waals surface area contributed by atoms with Crippen LogP contribution in [0.4, 0.5) is 5.69 Å². The van der Waals surface area contributed by atoms with Crippen LogP contribution in [0.1, 0.15) is 22.8 Å². The van der Waals surface area contributed by atoms with E-state index in [4.69, 9.17) is 11.6 Å². The topological polar surface area (TPSA) is 118 Å². The van der Waals surface area contributed by atoms with Gasteiger partial charge in [0.1, 0.15) is 12.1 Å². The standard InChI is InChI=1S/C17H19ClN4O5S/c1-10-5-6-12(7-14(10)28(26,27)21(3)4)20-15(24)9-22-17(25)16(11(2)23)13(18)8-19-22/h5-8H,9H2,1-4H3,(H,20,24). The van der Waals surface area contributed by atoms with Gasteiger partial charge in [0.25, 0.3) is 5.56 Å². The summed E-state index contributed by atoms with van der Waals surface area (Å²) >= 11 is 5.81. The summed E-state index contributed by atoms with van der Waals surface area (Å²) in [7, 11) is -0.873. The van der Waals surface area contributed by atoms with Crippen LogP contribution in [0.2, 0.25) is 5.02 Å². The number of anilines is 1. The summed E-state index contributed by atoms with van der Waals surface area (Å²) in [4.78, 5) is 36.1. The second-order valence-electron chi connectivity index (χ2n) is 6.20. The summed E-state index contributed by atoms with van der Waals surface area (Å²) in [6.07, 6.45) is 1.11. The van der Waals surface area contributed by atoms with Crippen molar-refractivity contribution in [2.75, 3.05) is 19.4 Å². The Kier molecular flexibility index (Phi) is 6.37. The molecule has 0 fully saturated rings. The number of ketones is 1. The highest BCUT2D eigenvalue weighted by atomic mass is 35.5. The zero-order valence-electron chi connectivity index (χ0n) is 15.7. The zero-order chi connectivity index (χ0) is 21.2. The Balaban J connectivity index is 2.29. The molecule has 1 heterocycles. The summed E-state index contributed by atoms with van der Waals surface area (Å²) in [5, 5.41) is 6.18. The average Bonchev–Trinajstić information content (AvgIpc) is 2.58. The van der Waals surface area contributed by atoms with Crippen LogP contribution < -0.4 is 10.9 Å². The maximum atomic E-state index is 12.4. The number of Topliss-reactive ketones (excluding diaryl/α,β-unsaturated/α-hetero) is 1. The van der Waals surface area contributed by atoms with Crippen molar-refractivity contribution in [1.29, 1.82) is 0 Å². The zero-order valence-corrected chi connectivity index (χ0v) is 17.3. The van der Waals surface area contributed by atoms with E-state index in [1.165, 1.54) is 27.1 Å². The monoisotopic (exact) mass is 426 g/mol. The van der Waals surface area contributed by atoms with Crippen molar-refractivity contribution in [1.82, 2.24) is 14.1 Å². The van der Waals surface area contributed by atoms with E-state index >= 15 is 0 Å². The molecule has 0 unspecified atom stereocenters. The van der Waals surface area contributed by atoms with Gasteiger partial charge in [0.05, 0.1) is 16.1 Å². The molecule has 0 saturated heterocycles. The number of carbonyl (C=O) groups is 2. The Hall–Kier alpha value is -2.56. The molecule has 1 aromatic carbocycles. The van der Waals surface area contributed by atoms with Crippen molar-refractivity contribution >= 4 is 39.0 Å². The Morgan fingerprint density at radius 2 is 1.93 bits per heavy atom. The molecule has 0 aliphatic rings. The van der Waals surface area contributed by atoms with E-state index in [0.717, 1.165) is 15.2 Å². The highest BCUT2D eigenvalue weighted by molar-refractivity contribution is 7.89. The first kappa shape index (κ1) is 21.7. The SMILES string of the molecule is CC(=O)c1c(Cl)cnn(CC(=O)Nc2ccc(C)c(S(=O)(=O)N(C)C)c2)c1=O. The summed E-state index contributed by atoms with van der Waals surface area (Å²) in [6.45, 7) is 2.36. The van der Waals surface area contributed by atoms with E-state index in [0.29, 0.717) is 5.56 Å². The van der Waals surface area contributed by atoms with Crippen LogP contribution in [0.25, 0.3) is 0 Å². The molecule has 0 aliphatic carbocycles. The number of hydrogen-bond donors (Lipinski definition) is 1. The number of sulfonamides is 1. The van der Waals surface area contributed by atoms with E-state index in [2.05, 4.69) is 10.4 Å². The van der Waals surface area contributed by atoms with Crippen LogP contribution >= 0.6 is 11.6 Å². The van der Waals surface area contributed by atoms with Gasteiger partial charge in [-0.05, 0) is 31.5 Å². The van der Waals surface area contributed by atoms with E-state index in [-0.39, 0.29) is 21.2 Å². The van der Waals surface area contributed by atoms with Crippen LogP contribution in [0, 0.1) is 6.92 Å². The molecule has 0 saturated carbocycles. The molecular weight excluding hydrogens is 408 g/mol. The van der Waals surface area contributed by atoms with Crippen molar-refractivity contribution in [2.24, 2.45) is 0 Å². The maximum absolute atomic E-state index is 12.4. The van der Waals surface area contributed by atoms with Crippen molar-refractivity contribution in [3.05, 3.63) is 50.9 Å². The molecular formula is C17H19ClN4O5S. The summed E-state index contributed by atoms with van der Waals surface area (Å²) in [5.74, 6) is -1.16. The molecule has 1 N–H and O–H groups in total. The third-order valence-corrected chi connectivity index (χ3v) is 6.12. The molecule has 1 amide bonds. The predicted molar refractivity (Wildman–Crippen MR) is 104 cm³/mol. The lowest BCUT2D eigenvalue weighted by molar-refractivity contribution is -0.117. The number of halogens is 1. The Bertz CT molecular complexity index is 1110. The van der Waals surface area contributed by atoms with Gasteiger partial charge < -0.3 is 5.32 Å². The number of rotatable bonds is 6. The summed E-state index contributed by atoms with van der Waals surface area (Å²) in [5.41, 5.74) is -0.271. The van der Waals surface area contributed by atoms with Gasteiger partial charge in [-0.3, -0.25) is 14.4 Å². The summed E-state index contributed by atoms with van der Waals surface area (Å²) < 4.78 is 26.6. The lowest BCUT2D eigenvalue weighted by Gasteiger charge is -2.15. The van der Waals surface area contributed by atoms with Crippen molar-refractivity contribution in [3.63, 3.8) is 0 Å². The fourth-order valence-corrected chi connectivity index (χ4v) is 3.79. The Morgan fingerprint density at radius 1 is 1.29 bits per heavy atom. The van der Waals surface area contributed by atoms with Gasteiger partial charge >= 0.3 is 0 Å². The first-order valence-corrected chi connectivity index (χ1v) is 9.86. The van der Waals surface area contributed by atoms with E-state index in [9.17, 15) is 22.8 Å². The first-order chi connectivity index (χ1) is 12.9. The highest BCUT2D eigenvalue weighted by Gasteiger charge is 2.21. The van der Waals surface area contributed by atoms with Gasteiger partial charge in [-0.25, -0.2) is 17.4 Å². The fraction of sp³-hybridized carbons (Fsp3) is 0.294. The molecule has 0 atom stereocenters. The average molecular weight is 427 g/mol. The molecule has 0 bridgehead atoms. The van der Waals surface area contributed by atoms with Gasteiger partial charge in [0, 0.05) is 19.8 Å².